The van der Waals surface area contributed by atoms with Gasteiger partial charge in [0.2, 0.25) is 0 Å². The van der Waals surface area contributed by atoms with Gasteiger partial charge in [0, 0.05) is 49.7 Å². The number of fused-ring (bicyclic) bond motifs is 10. The Balaban J connectivity index is 1.25. The first kappa shape index (κ1) is 36.5. The first-order valence-corrected chi connectivity index (χ1v) is 20.9. The van der Waals surface area contributed by atoms with Crippen molar-refractivity contribution in [3.8, 4) is 33.4 Å². The van der Waals surface area contributed by atoms with E-state index in [4.69, 9.17) is 4.42 Å². The van der Waals surface area contributed by atoms with Crippen molar-refractivity contribution in [2.45, 2.75) is 90.9 Å². The Morgan fingerprint density at radius 1 is 0.448 bits per heavy atom. The van der Waals surface area contributed by atoms with Crippen molar-refractivity contribution in [3.05, 3.63) is 173 Å². The molecule has 7 aromatic carbocycles. The largest absolute Gasteiger partial charge is 0.455 e. The predicted molar refractivity (Wildman–Crippen MR) is 246 cm³/mol. The Morgan fingerprint density at radius 3 is 1.79 bits per heavy atom. The number of anilines is 3. The van der Waals surface area contributed by atoms with Gasteiger partial charge in [-0.3, -0.25) is 0 Å². The van der Waals surface area contributed by atoms with Crippen molar-refractivity contribution in [3.63, 3.8) is 0 Å². The third-order valence-corrected chi connectivity index (χ3v) is 13.4. The van der Waals surface area contributed by atoms with E-state index < -0.39 is 0 Å². The van der Waals surface area contributed by atoms with Crippen molar-refractivity contribution in [1.82, 2.24) is 0 Å². The Bertz CT molecular complexity index is 2940. The van der Waals surface area contributed by atoms with Crippen LogP contribution in [-0.2, 0) is 21.7 Å². The maximum atomic E-state index is 7.29. The van der Waals surface area contributed by atoms with Crippen LogP contribution in [0.3, 0.4) is 0 Å². The predicted octanol–water partition coefficient (Wildman–Crippen LogP) is 15.9. The summed E-state index contributed by atoms with van der Waals surface area (Å²) in [6.07, 6.45) is 0. The zero-order valence-electron chi connectivity index (χ0n) is 35.6. The second-order valence-electron chi connectivity index (χ2n) is 19.8. The van der Waals surface area contributed by atoms with E-state index in [1.807, 2.05) is 0 Å². The quantitative estimate of drug-likeness (QED) is 0.178. The molecule has 0 unspecified atom stereocenters. The molecule has 0 spiro atoms. The van der Waals surface area contributed by atoms with E-state index >= 15 is 0 Å². The summed E-state index contributed by atoms with van der Waals surface area (Å²) >= 11 is 0. The van der Waals surface area contributed by atoms with Crippen molar-refractivity contribution in [2.24, 2.45) is 0 Å². The maximum Gasteiger partial charge on any atom is 0.143 e. The van der Waals surface area contributed by atoms with E-state index in [2.05, 4.69) is 214 Å². The van der Waals surface area contributed by atoms with Gasteiger partial charge in [0.1, 0.15) is 11.2 Å². The van der Waals surface area contributed by atoms with Crippen molar-refractivity contribution >= 4 is 39.0 Å². The number of rotatable bonds is 4. The van der Waals surface area contributed by atoms with Gasteiger partial charge in [0.25, 0.3) is 0 Å². The van der Waals surface area contributed by atoms with Crippen LogP contribution in [0.4, 0.5) is 17.1 Å². The minimum atomic E-state index is -0.234. The molecule has 2 nitrogen and oxygen atoms in total. The molecule has 0 amide bonds. The van der Waals surface area contributed by atoms with Gasteiger partial charge in [-0.25, -0.2) is 0 Å². The van der Waals surface area contributed by atoms with Crippen LogP contribution < -0.4 is 4.90 Å². The molecule has 2 heteroatoms. The van der Waals surface area contributed by atoms with E-state index in [0.717, 1.165) is 28.2 Å². The van der Waals surface area contributed by atoms with Crippen LogP contribution in [0.1, 0.15) is 103 Å². The topological polar surface area (TPSA) is 16.4 Å². The molecule has 288 valence electrons. The zero-order chi connectivity index (χ0) is 40.5. The molecule has 0 saturated carbocycles. The smallest absolute Gasteiger partial charge is 0.143 e. The van der Waals surface area contributed by atoms with Crippen molar-refractivity contribution < 1.29 is 4.42 Å². The summed E-state index contributed by atoms with van der Waals surface area (Å²) in [6.45, 7) is 23.3. The standard InChI is InChI=1S/C56H53NO/c1-53(2,3)36-31-42-41-29-30-45-50(52(41)58-51(42)47(32-36)54(4,5)6)49-44(56(45,9)10)21-16-22-48(49)57(37-25-23-35(24-26-37)34-17-12-11-13-18-34)38-27-28-40-39-19-14-15-20-43(39)55(7,8)46(40)33-38/h11-33H,1-10H3. The first-order chi connectivity index (χ1) is 27.5. The molecular formula is C56H53NO. The Hall–Kier alpha value is -5.86. The highest BCUT2D eigenvalue weighted by atomic mass is 16.3. The van der Waals surface area contributed by atoms with Gasteiger partial charge >= 0.3 is 0 Å². The van der Waals surface area contributed by atoms with Crippen LogP contribution in [0.2, 0.25) is 0 Å². The number of nitrogens with zero attached hydrogens (tertiary/aromatic N) is 1. The highest BCUT2D eigenvalue weighted by Crippen LogP contribution is 2.58. The molecule has 0 N–H and O–H groups in total. The van der Waals surface area contributed by atoms with Crippen molar-refractivity contribution in [1.29, 1.82) is 0 Å². The normalized spacial score (nSPS) is 15.0. The van der Waals surface area contributed by atoms with Gasteiger partial charge in [-0.1, -0.05) is 172 Å². The summed E-state index contributed by atoms with van der Waals surface area (Å²) in [7, 11) is 0. The summed E-state index contributed by atoms with van der Waals surface area (Å²) in [5, 5.41) is 2.38. The molecule has 0 atom stereocenters. The Kier molecular flexibility index (Phi) is 7.75. The van der Waals surface area contributed by atoms with Gasteiger partial charge in [-0.15, -0.1) is 0 Å². The SMILES string of the molecule is CC(C)(C)c1cc(C(C)(C)C)c2oc3c4c(ccc3c2c1)C(C)(C)c1cccc(N(c2ccc(-c3ccccc3)cc2)c2ccc3c(c2)C(C)(C)c2ccccc2-3)c1-4. The van der Waals surface area contributed by atoms with E-state index in [1.165, 1.54) is 77.5 Å². The summed E-state index contributed by atoms with van der Waals surface area (Å²) in [5.74, 6) is 0. The van der Waals surface area contributed by atoms with Gasteiger partial charge in [0.05, 0.1) is 5.69 Å². The average molecular weight is 756 g/mol. The second-order valence-corrected chi connectivity index (χ2v) is 19.8. The van der Waals surface area contributed by atoms with E-state index in [0.29, 0.717) is 0 Å². The first-order valence-electron chi connectivity index (χ1n) is 20.9. The molecule has 0 aliphatic heterocycles. The molecule has 0 fully saturated rings. The van der Waals surface area contributed by atoms with E-state index in [-0.39, 0.29) is 21.7 Å². The molecule has 8 aromatic rings. The lowest BCUT2D eigenvalue weighted by Gasteiger charge is -2.30. The average Bonchev–Trinajstić information content (AvgIpc) is 3.77. The fraction of sp³-hybridized carbons (Fsp3) is 0.250. The third kappa shape index (κ3) is 5.30. The minimum Gasteiger partial charge on any atom is -0.455 e. The van der Waals surface area contributed by atoms with Crippen LogP contribution in [0.25, 0.3) is 55.3 Å². The maximum absolute atomic E-state index is 7.29. The van der Waals surface area contributed by atoms with Gasteiger partial charge in [-0.2, -0.15) is 0 Å². The van der Waals surface area contributed by atoms with E-state index in [9.17, 15) is 0 Å². The fourth-order valence-electron chi connectivity index (χ4n) is 10.0. The lowest BCUT2D eigenvalue weighted by atomic mass is 9.79. The molecule has 1 aromatic heterocycles. The number of hydrogen-bond acceptors (Lipinski definition) is 2. The van der Waals surface area contributed by atoms with E-state index in [1.54, 1.807) is 0 Å². The van der Waals surface area contributed by atoms with Crippen LogP contribution in [0.15, 0.2) is 144 Å². The summed E-state index contributed by atoms with van der Waals surface area (Å²) in [6, 6.07) is 52.2. The molecule has 58 heavy (non-hydrogen) atoms. The van der Waals surface area contributed by atoms with Crippen LogP contribution in [0.5, 0.6) is 0 Å². The molecular weight excluding hydrogens is 703 g/mol. The molecule has 0 radical (unpaired) electrons. The highest BCUT2D eigenvalue weighted by molar-refractivity contribution is 6.14. The Labute approximate surface area is 344 Å². The number of benzene rings is 7. The number of furan rings is 1. The molecule has 2 aliphatic carbocycles. The minimum absolute atomic E-state index is 0.00136. The van der Waals surface area contributed by atoms with Crippen LogP contribution in [-0.4, -0.2) is 0 Å². The fourth-order valence-corrected chi connectivity index (χ4v) is 10.0. The molecule has 0 saturated heterocycles. The molecule has 2 aliphatic rings. The van der Waals surface area contributed by atoms with Crippen LogP contribution in [0, 0.1) is 0 Å². The summed E-state index contributed by atoms with van der Waals surface area (Å²) in [4.78, 5) is 2.50. The third-order valence-electron chi connectivity index (χ3n) is 13.4. The zero-order valence-corrected chi connectivity index (χ0v) is 35.6. The van der Waals surface area contributed by atoms with Crippen molar-refractivity contribution in [2.75, 3.05) is 4.90 Å². The summed E-state index contributed by atoms with van der Waals surface area (Å²) in [5.41, 5.74) is 20.4. The van der Waals surface area contributed by atoms with Gasteiger partial charge in [0.15, 0.2) is 0 Å². The second kappa shape index (κ2) is 12.3. The number of hydrogen-bond donors (Lipinski definition) is 0. The molecule has 10 rings (SSSR count). The highest BCUT2D eigenvalue weighted by Gasteiger charge is 2.41. The monoisotopic (exact) mass is 755 g/mol. The summed E-state index contributed by atoms with van der Waals surface area (Å²) < 4.78 is 7.29. The van der Waals surface area contributed by atoms with Crippen LogP contribution >= 0.6 is 0 Å². The molecule has 0 bridgehead atoms. The Morgan fingerprint density at radius 2 is 1.07 bits per heavy atom. The van der Waals surface area contributed by atoms with Gasteiger partial charge < -0.3 is 9.32 Å². The lowest BCUT2D eigenvalue weighted by molar-refractivity contribution is 0.559. The molecule has 1 heterocycles. The lowest BCUT2D eigenvalue weighted by Crippen LogP contribution is -2.17. The van der Waals surface area contributed by atoms with Gasteiger partial charge in [-0.05, 0) is 97.3 Å².